The Bertz CT molecular complexity index is 697. The molecule has 2 rings (SSSR count). The Morgan fingerprint density at radius 3 is 2.18 bits per heavy atom. The average Bonchev–Trinajstić information content (AvgIpc) is 2.68. The molecule has 0 aliphatic heterocycles. The summed E-state index contributed by atoms with van der Waals surface area (Å²) in [6, 6.07) is 12.6. The monoisotopic (exact) mass is 384 g/mol. The van der Waals surface area contributed by atoms with Crippen LogP contribution in [0.1, 0.15) is 58.4 Å². The topological polar surface area (TPSA) is 73.4 Å². The highest BCUT2D eigenvalue weighted by Crippen LogP contribution is 2.50. The molecule has 0 saturated heterocycles. The summed E-state index contributed by atoms with van der Waals surface area (Å²) in [6.45, 7) is 6.92. The van der Waals surface area contributed by atoms with Crippen LogP contribution >= 0.6 is 0 Å². The van der Waals surface area contributed by atoms with Crippen molar-refractivity contribution in [3.8, 4) is 6.07 Å². The second kappa shape index (κ2) is 8.53. The molecule has 0 bridgehead atoms. The van der Waals surface area contributed by atoms with Crippen molar-refractivity contribution >= 4 is 6.03 Å². The highest BCUT2D eigenvalue weighted by molar-refractivity contribution is 5.72. The van der Waals surface area contributed by atoms with Gasteiger partial charge in [-0.25, -0.2) is 4.79 Å². The lowest BCUT2D eigenvalue weighted by Gasteiger charge is -2.51. The SMILES string of the molecule is CC[C@]1(CN(CC(C)(C)C#N)C(N)=O)CC[C@](c2ccccc2)(N(C)C)CC1. The predicted molar refractivity (Wildman–Crippen MR) is 114 cm³/mol. The van der Waals surface area contributed by atoms with E-state index in [2.05, 4.69) is 62.3 Å². The van der Waals surface area contributed by atoms with Crippen molar-refractivity contribution < 1.29 is 4.79 Å². The van der Waals surface area contributed by atoms with E-state index >= 15 is 0 Å². The lowest BCUT2D eigenvalue weighted by atomic mass is 9.63. The molecule has 2 amide bonds. The Kier molecular flexibility index (Phi) is 6.77. The molecule has 2 N–H and O–H groups in total. The number of amides is 2. The molecule has 0 unspecified atom stereocenters. The number of benzene rings is 1. The fourth-order valence-electron chi connectivity index (χ4n) is 4.69. The highest BCUT2D eigenvalue weighted by Gasteiger charge is 2.45. The van der Waals surface area contributed by atoms with Crippen LogP contribution in [0.2, 0.25) is 0 Å². The zero-order chi connectivity index (χ0) is 21.0. The van der Waals surface area contributed by atoms with Crippen LogP contribution in [0.15, 0.2) is 30.3 Å². The molecule has 28 heavy (non-hydrogen) atoms. The van der Waals surface area contributed by atoms with E-state index in [-0.39, 0.29) is 11.0 Å². The third-order valence-corrected chi connectivity index (χ3v) is 6.78. The quantitative estimate of drug-likeness (QED) is 0.760. The van der Waals surface area contributed by atoms with E-state index in [0.29, 0.717) is 13.1 Å². The number of urea groups is 1. The molecular weight excluding hydrogens is 348 g/mol. The van der Waals surface area contributed by atoms with Crippen LogP contribution in [0.25, 0.3) is 0 Å². The van der Waals surface area contributed by atoms with Crippen LogP contribution in [0.5, 0.6) is 0 Å². The summed E-state index contributed by atoms with van der Waals surface area (Å²) in [4.78, 5) is 16.2. The lowest BCUT2D eigenvalue weighted by Crippen LogP contribution is -2.52. The first kappa shape index (κ1) is 22.2. The minimum absolute atomic E-state index is 0.0312. The molecule has 1 fully saturated rings. The van der Waals surface area contributed by atoms with Crippen LogP contribution in [-0.2, 0) is 5.54 Å². The van der Waals surface area contributed by atoms with Gasteiger partial charge in [0, 0.05) is 18.6 Å². The van der Waals surface area contributed by atoms with Gasteiger partial charge in [-0.2, -0.15) is 5.26 Å². The fourth-order valence-corrected chi connectivity index (χ4v) is 4.69. The second-order valence-electron chi connectivity index (χ2n) is 9.34. The van der Waals surface area contributed by atoms with Gasteiger partial charge in [-0.15, -0.1) is 0 Å². The standard InChI is InChI=1S/C23H36N4O/c1-6-22(18-27(20(25)28)17-21(2,3)16-24)12-14-23(15-13-22,26(4)5)19-10-8-7-9-11-19/h7-11H,6,12-15,17-18H2,1-5H3,(H2,25,28)/t22-,23-. The highest BCUT2D eigenvalue weighted by atomic mass is 16.2. The summed E-state index contributed by atoms with van der Waals surface area (Å²) in [6.07, 6.45) is 5.17. The second-order valence-corrected chi connectivity index (χ2v) is 9.34. The minimum Gasteiger partial charge on any atom is -0.351 e. The summed E-state index contributed by atoms with van der Waals surface area (Å²) in [5.74, 6) is 0. The van der Waals surface area contributed by atoms with Crippen LogP contribution in [0, 0.1) is 22.2 Å². The van der Waals surface area contributed by atoms with Crippen LogP contribution in [-0.4, -0.2) is 43.0 Å². The van der Waals surface area contributed by atoms with Gasteiger partial charge in [0.05, 0.1) is 11.5 Å². The van der Waals surface area contributed by atoms with Crippen molar-refractivity contribution in [2.45, 2.75) is 58.4 Å². The van der Waals surface area contributed by atoms with E-state index in [4.69, 9.17) is 5.73 Å². The fraction of sp³-hybridized carbons (Fsp3) is 0.652. The third-order valence-electron chi connectivity index (χ3n) is 6.78. The first-order valence-electron chi connectivity index (χ1n) is 10.3. The predicted octanol–water partition coefficient (Wildman–Crippen LogP) is 4.34. The molecule has 1 aliphatic rings. The number of carbonyl (C=O) groups excluding carboxylic acids is 1. The van der Waals surface area contributed by atoms with Gasteiger partial charge in [0.1, 0.15) is 0 Å². The summed E-state index contributed by atoms with van der Waals surface area (Å²) in [5.41, 5.74) is 6.53. The van der Waals surface area contributed by atoms with Crippen LogP contribution in [0.4, 0.5) is 4.79 Å². The van der Waals surface area contributed by atoms with E-state index in [0.717, 1.165) is 32.1 Å². The molecule has 0 atom stereocenters. The number of primary amides is 1. The van der Waals surface area contributed by atoms with E-state index in [1.807, 2.05) is 13.8 Å². The normalized spacial score (nSPS) is 25.3. The lowest BCUT2D eigenvalue weighted by molar-refractivity contribution is 0.0160. The van der Waals surface area contributed by atoms with Gasteiger partial charge in [0.25, 0.3) is 0 Å². The summed E-state index contributed by atoms with van der Waals surface area (Å²) >= 11 is 0. The Hall–Kier alpha value is -2.06. The number of hydrogen-bond donors (Lipinski definition) is 1. The van der Waals surface area contributed by atoms with Crippen molar-refractivity contribution in [1.29, 1.82) is 5.26 Å². The van der Waals surface area contributed by atoms with E-state index in [9.17, 15) is 10.1 Å². The first-order chi connectivity index (χ1) is 13.1. The Balaban J connectivity index is 2.22. The van der Waals surface area contributed by atoms with Gasteiger partial charge < -0.3 is 10.6 Å². The van der Waals surface area contributed by atoms with Crippen molar-refractivity contribution in [2.75, 3.05) is 27.2 Å². The minimum atomic E-state index is -0.601. The van der Waals surface area contributed by atoms with E-state index in [1.54, 1.807) is 4.90 Å². The number of hydrogen-bond acceptors (Lipinski definition) is 3. The van der Waals surface area contributed by atoms with Crippen molar-refractivity contribution in [3.05, 3.63) is 35.9 Å². The van der Waals surface area contributed by atoms with Crippen LogP contribution < -0.4 is 5.73 Å². The maximum absolute atomic E-state index is 12.1. The van der Waals surface area contributed by atoms with Gasteiger partial charge in [-0.3, -0.25) is 4.90 Å². The van der Waals surface area contributed by atoms with Gasteiger partial charge in [0.15, 0.2) is 0 Å². The molecule has 1 aliphatic carbocycles. The first-order valence-corrected chi connectivity index (χ1v) is 10.3. The molecule has 0 heterocycles. The largest absolute Gasteiger partial charge is 0.351 e. The molecule has 5 nitrogen and oxygen atoms in total. The molecule has 154 valence electrons. The van der Waals surface area contributed by atoms with Crippen molar-refractivity contribution in [1.82, 2.24) is 9.80 Å². The number of nitriles is 1. The van der Waals surface area contributed by atoms with Crippen molar-refractivity contribution in [3.63, 3.8) is 0 Å². The Labute approximate surface area is 170 Å². The van der Waals surface area contributed by atoms with Crippen LogP contribution in [0.3, 0.4) is 0 Å². The average molecular weight is 385 g/mol. The third kappa shape index (κ3) is 4.67. The van der Waals surface area contributed by atoms with Crippen molar-refractivity contribution in [2.24, 2.45) is 16.6 Å². The smallest absolute Gasteiger partial charge is 0.314 e. The maximum atomic E-state index is 12.1. The Morgan fingerprint density at radius 1 is 1.18 bits per heavy atom. The number of nitrogens with zero attached hydrogens (tertiary/aromatic N) is 3. The molecule has 1 aromatic carbocycles. The van der Waals surface area contributed by atoms with Gasteiger partial charge in [-0.1, -0.05) is 37.3 Å². The molecule has 0 radical (unpaired) electrons. The molecule has 0 spiro atoms. The zero-order valence-electron chi connectivity index (χ0n) is 18.2. The van der Waals surface area contributed by atoms with Gasteiger partial charge >= 0.3 is 6.03 Å². The number of rotatable bonds is 7. The molecule has 5 heteroatoms. The molecule has 1 saturated carbocycles. The number of nitrogens with two attached hydrogens (primary N) is 1. The van der Waals surface area contributed by atoms with Gasteiger partial charge in [0.2, 0.25) is 0 Å². The molecule has 0 aromatic heterocycles. The maximum Gasteiger partial charge on any atom is 0.314 e. The van der Waals surface area contributed by atoms with Gasteiger partial charge in [-0.05, 0) is 71.0 Å². The van der Waals surface area contributed by atoms with E-state index in [1.165, 1.54) is 5.56 Å². The zero-order valence-corrected chi connectivity index (χ0v) is 18.2. The number of carbonyl (C=O) groups is 1. The summed E-state index contributed by atoms with van der Waals surface area (Å²) < 4.78 is 0. The summed E-state index contributed by atoms with van der Waals surface area (Å²) in [7, 11) is 4.33. The summed E-state index contributed by atoms with van der Waals surface area (Å²) in [5, 5.41) is 9.37. The van der Waals surface area contributed by atoms with E-state index < -0.39 is 11.4 Å². The Morgan fingerprint density at radius 2 is 1.75 bits per heavy atom. The molecular formula is C23H36N4O. The molecule has 1 aromatic rings.